The van der Waals surface area contributed by atoms with E-state index in [4.69, 9.17) is 5.11 Å². The quantitative estimate of drug-likeness (QED) is 0.529. The van der Waals surface area contributed by atoms with Gasteiger partial charge in [0.2, 0.25) is 5.78 Å². The lowest BCUT2D eigenvalue weighted by molar-refractivity contribution is 0.0898. The molecule has 0 amide bonds. The van der Waals surface area contributed by atoms with E-state index in [0.717, 1.165) is 0 Å². The molecule has 0 unspecified atom stereocenters. The molecule has 1 aromatic rings. The van der Waals surface area contributed by atoms with Crippen LogP contribution in [0.15, 0.2) is 12.3 Å². The van der Waals surface area contributed by atoms with Gasteiger partial charge in [0, 0.05) is 6.20 Å². The van der Waals surface area contributed by atoms with Gasteiger partial charge in [-0.25, -0.2) is 0 Å². The molecule has 0 aliphatic heterocycles. The number of H-pyrrole nitrogens is 1. The molecule has 4 nitrogen and oxygen atoms in total. The molecule has 0 aliphatic rings. The van der Waals surface area contributed by atoms with Crippen LogP contribution in [0, 0.1) is 0 Å². The minimum absolute atomic E-state index is 0.340. The van der Waals surface area contributed by atoms with E-state index in [9.17, 15) is 4.79 Å². The Bertz CT molecular complexity index is 193. The fraction of sp³-hybridized carbons (Fsp3) is 0.200. The van der Waals surface area contributed by atoms with Crippen molar-refractivity contribution in [3.8, 4) is 0 Å². The summed E-state index contributed by atoms with van der Waals surface area (Å²) >= 11 is 0. The van der Waals surface area contributed by atoms with Gasteiger partial charge in [-0.15, -0.1) is 0 Å². The highest BCUT2D eigenvalue weighted by Crippen LogP contribution is 1.90. The molecule has 0 aliphatic carbocycles. The summed E-state index contributed by atoms with van der Waals surface area (Å²) in [4.78, 5) is 10.6. The Labute approximate surface area is 51.5 Å². The second-order valence-electron chi connectivity index (χ2n) is 1.55. The molecule has 0 saturated carbocycles. The van der Waals surface area contributed by atoms with Crippen LogP contribution in [0.25, 0.3) is 0 Å². The summed E-state index contributed by atoms with van der Waals surface area (Å²) in [7, 11) is 0. The van der Waals surface area contributed by atoms with E-state index in [2.05, 4.69) is 10.2 Å². The lowest BCUT2D eigenvalue weighted by atomic mass is 10.3. The maximum absolute atomic E-state index is 10.6. The molecule has 0 aromatic carbocycles. The second-order valence-corrected chi connectivity index (χ2v) is 1.55. The van der Waals surface area contributed by atoms with Gasteiger partial charge in [0.1, 0.15) is 12.3 Å². The van der Waals surface area contributed by atoms with Crippen LogP contribution in [0.1, 0.15) is 10.5 Å². The maximum atomic E-state index is 10.6. The van der Waals surface area contributed by atoms with Crippen LogP contribution in [0.4, 0.5) is 0 Å². The summed E-state index contributed by atoms with van der Waals surface area (Å²) in [5.74, 6) is -0.340. The molecule has 9 heavy (non-hydrogen) atoms. The van der Waals surface area contributed by atoms with Gasteiger partial charge in [-0.3, -0.25) is 9.89 Å². The first-order chi connectivity index (χ1) is 4.34. The van der Waals surface area contributed by atoms with E-state index in [1.807, 2.05) is 0 Å². The van der Waals surface area contributed by atoms with Crippen molar-refractivity contribution in [3.63, 3.8) is 0 Å². The van der Waals surface area contributed by atoms with Crippen molar-refractivity contribution in [2.75, 3.05) is 6.61 Å². The van der Waals surface area contributed by atoms with Crippen molar-refractivity contribution in [1.29, 1.82) is 0 Å². The Hall–Kier alpha value is -1.16. The lowest BCUT2D eigenvalue weighted by Gasteiger charge is -1.86. The van der Waals surface area contributed by atoms with Crippen molar-refractivity contribution in [2.24, 2.45) is 0 Å². The van der Waals surface area contributed by atoms with Gasteiger partial charge >= 0.3 is 0 Å². The summed E-state index contributed by atoms with van der Waals surface area (Å²) in [5, 5.41) is 14.3. The van der Waals surface area contributed by atoms with Gasteiger partial charge in [0.05, 0.1) is 0 Å². The van der Waals surface area contributed by atoms with Gasteiger partial charge in [-0.2, -0.15) is 5.10 Å². The zero-order valence-corrected chi connectivity index (χ0v) is 4.66. The molecule has 0 bridgehead atoms. The normalized spacial score (nSPS) is 9.44. The van der Waals surface area contributed by atoms with E-state index in [1.54, 1.807) is 0 Å². The van der Waals surface area contributed by atoms with Crippen LogP contribution in [-0.2, 0) is 0 Å². The minimum Gasteiger partial charge on any atom is -0.388 e. The predicted octanol–water partition coefficient (Wildman–Crippen LogP) is -0.415. The number of aliphatic hydroxyl groups excluding tert-OH is 1. The number of nitrogens with zero attached hydrogens (tertiary/aromatic N) is 1. The van der Waals surface area contributed by atoms with Crippen molar-refractivity contribution in [2.45, 2.75) is 0 Å². The first kappa shape index (κ1) is 5.97. The third-order valence-electron chi connectivity index (χ3n) is 0.945. The highest BCUT2D eigenvalue weighted by Gasteiger charge is 2.02. The number of aromatic amines is 1. The first-order valence-electron chi connectivity index (χ1n) is 2.48. The lowest BCUT2D eigenvalue weighted by Crippen LogP contribution is -2.04. The van der Waals surface area contributed by atoms with E-state index in [-0.39, 0.29) is 5.78 Å². The molecule has 1 heterocycles. The Morgan fingerprint density at radius 2 is 2.67 bits per heavy atom. The van der Waals surface area contributed by atoms with Gasteiger partial charge in [-0.1, -0.05) is 0 Å². The number of nitrogens with one attached hydrogen (secondary N) is 1. The topological polar surface area (TPSA) is 66.0 Å². The first-order valence-corrected chi connectivity index (χ1v) is 2.48. The third-order valence-corrected chi connectivity index (χ3v) is 0.945. The number of carbonyl (C=O) groups is 1. The molecule has 1 rings (SSSR count). The van der Waals surface area contributed by atoms with Crippen LogP contribution < -0.4 is 0 Å². The fourth-order valence-corrected chi connectivity index (χ4v) is 0.496. The average molecular weight is 126 g/mol. The zero-order valence-electron chi connectivity index (χ0n) is 4.66. The molecule has 0 fully saturated rings. The number of aromatic nitrogens is 2. The smallest absolute Gasteiger partial charge is 0.205 e. The molecule has 0 saturated heterocycles. The Kier molecular flexibility index (Phi) is 1.60. The van der Waals surface area contributed by atoms with Crippen molar-refractivity contribution in [3.05, 3.63) is 18.0 Å². The van der Waals surface area contributed by atoms with Gasteiger partial charge < -0.3 is 5.11 Å². The summed E-state index contributed by atoms with van der Waals surface area (Å²) in [6.45, 7) is -0.470. The van der Waals surface area contributed by atoms with Crippen LogP contribution in [-0.4, -0.2) is 27.7 Å². The molecular weight excluding hydrogens is 120 g/mol. The molecule has 0 atom stereocenters. The number of ketones is 1. The van der Waals surface area contributed by atoms with Crippen molar-refractivity contribution < 1.29 is 9.90 Å². The van der Waals surface area contributed by atoms with Crippen LogP contribution in [0.3, 0.4) is 0 Å². The van der Waals surface area contributed by atoms with Crippen LogP contribution in [0.2, 0.25) is 0 Å². The van der Waals surface area contributed by atoms with Crippen molar-refractivity contribution in [1.82, 2.24) is 10.2 Å². The van der Waals surface area contributed by atoms with Crippen LogP contribution in [0.5, 0.6) is 0 Å². The molecule has 2 N–H and O–H groups in total. The fourth-order valence-electron chi connectivity index (χ4n) is 0.496. The summed E-state index contributed by atoms with van der Waals surface area (Å²) in [6.07, 6.45) is 1.46. The third kappa shape index (κ3) is 1.14. The number of carbonyl (C=O) groups excluding carboxylic acids is 1. The number of hydrogen-bond donors (Lipinski definition) is 2. The maximum Gasteiger partial charge on any atom is 0.205 e. The SMILES string of the molecule is O=C(CO)c1ccn[nH]1. The molecule has 4 heteroatoms. The van der Waals surface area contributed by atoms with E-state index < -0.39 is 6.61 Å². The predicted molar refractivity (Wildman–Crippen MR) is 30.0 cm³/mol. The second kappa shape index (κ2) is 2.41. The molecule has 0 radical (unpaired) electrons. The number of Topliss-reactive ketones (excluding diaryl/α,β-unsaturated/α-hetero) is 1. The molecule has 1 aromatic heterocycles. The standard InChI is InChI=1S/C5H6N2O2/c8-3-5(9)4-1-2-6-7-4/h1-2,8H,3H2,(H,6,7). The molecule has 48 valence electrons. The van der Waals surface area contributed by atoms with E-state index in [1.165, 1.54) is 12.3 Å². The van der Waals surface area contributed by atoms with Crippen molar-refractivity contribution >= 4 is 5.78 Å². The number of rotatable bonds is 2. The van der Waals surface area contributed by atoms with E-state index >= 15 is 0 Å². The number of aliphatic hydroxyl groups is 1. The monoisotopic (exact) mass is 126 g/mol. The Morgan fingerprint density at radius 1 is 1.89 bits per heavy atom. The van der Waals surface area contributed by atoms with Crippen LogP contribution >= 0.6 is 0 Å². The highest BCUT2D eigenvalue weighted by atomic mass is 16.3. The zero-order chi connectivity index (χ0) is 6.69. The largest absolute Gasteiger partial charge is 0.388 e. The highest BCUT2D eigenvalue weighted by molar-refractivity contribution is 5.94. The Balaban J connectivity index is 2.77. The minimum atomic E-state index is -0.470. The molecule has 0 spiro atoms. The molecular formula is C5H6N2O2. The average Bonchev–Trinajstić information content (AvgIpc) is 2.37. The van der Waals surface area contributed by atoms with Gasteiger partial charge in [-0.05, 0) is 6.07 Å². The van der Waals surface area contributed by atoms with Gasteiger partial charge in [0.15, 0.2) is 0 Å². The number of hydrogen-bond acceptors (Lipinski definition) is 3. The Morgan fingerprint density at radius 3 is 3.11 bits per heavy atom. The van der Waals surface area contributed by atoms with Gasteiger partial charge in [0.25, 0.3) is 0 Å². The summed E-state index contributed by atoms with van der Waals surface area (Å²) < 4.78 is 0. The van der Waals surface area contributed by atoms with E-state index in [0.29, 0.717) is 5.69 Å². The summed E-state index contributed by atoms with van der Waals surface area (Å²) in [6, 6.07) is 1.51. The summed E-state index contributed by atoms with van der Waals surface area (Å²) in [5.41, 5.74) is 0.345.